The second kappa shape index (κ2) is 6.90. The normalized spacial score (nSPS) is 13.9. The fourth-order valence-corrected chi connectivity index (χ4v) is 2.53. The molecule has 0 bridgehead atoms. The molecule has 0 aliphatic heterocycles. The number of hydrogen-bond acceptors (Lipinski definition) is 4. The molecule has 1 aliphatic carbocycles. The van der Waals surface area contributed by atoms with Gasteiger partial charge in [0.1, 0.15) is 0 Å². The smallest absolute Gasteiger partial charge is 0.225 e. The molecule has 1 aromatic rings. The standard InChI is InChI=1S/C17H25NO4/c1-11(2)17(19)18(13-6-7-13)10-12-8-14(20-3)16(22-5)15(9-12)21-4/h8-9,11,13H,6-7,10H2,1-5H3. The van der Waals surface area contributed by atoms with Crippen LogP contribution in [-0.4, -0.2) is 38.2 Å². The molecule has 0 spiro atoms. The molecule has 122 valence electrons. The maximum Gasteiger partial charge on any atom is 0.225 e. The molecular weight excluding hydrogens is 282 g/mol. The summed E-state index contributed by atoms with van der Waals surface area (Å²) in [7, 11) is 4.77. The van der Waals surface area contributed by atoms with Crippen molar-refractivity contribution in [1.82, 2.24) is 4.90 Å². The Morgan fingerprint density at radius 3 is 2.05 bits per heavy atom. The zero-order valence-corrected chi connectivity index (χ0v) is 14.0. The lowest BCUT2D eigenvalue weighted by atomic mass is 10.1. The predicted molar refractivity (Wildman–Crippen MR) is 84.5 cm³/mol. The largest absolute Gasteiger partial charge is 0.493 e. The number of methoxy groups -OCH3 is 3. The van der Waals surface area contributed by atoms with Crippen molar-refractivity contribution in [2.75, 3.05) is 21.3 Å². The van der Waals surface area contributed by atoms with Crippen molar-refractivity contribution in [1.29, 1.82) is 0 Å². The molecular formula is C17H25NO4. The van der Waals surface area contributed by atoms with Gasteiger partial charge in [0.2, 0.25) is 11.7 Å². The van der Waals surface area contributed by atoms with Crippen LogP contribution in [0, 0.1) is 5.92 Å². The maximum absolute atomic E-state index is 12.4. The fourth-order valence-electron chi connectivity index (χ4n) is 2.53. The van der Waals surface area contributed by atoms with E-state index in [1.807, 2.05) is 30.9 Å². The lowest BCUT2D eigenvalue weighted by molar-refractivity contribution is -0.135. The van der Waals surface area contributed by atoms with Crippen LogP contribution in [0.15, 0.2) is 12.1 Å². The molecule has 0 heterocycles. The average Bonchev–Trinajstić information content (AvgIpc) is 3.35. The predicted octanol–water partition coefficient (Wildman–Crippen LogP) is 2.86. The van der Waals surface area contributed by atoms with Gasteiger partial charge in [0.15, 0.2) is 11.5 Å². The molecule has 22 heavy (non-hydrogen) atoms. The third kappa shape index (κ3) is 3.46. The van der Waals surface area contributed by atoms with Gasteiger partial charge in [0.25, 0.3) is 0 Å². The minimum absolute atomic E-state index is 0.00244. The van der Waals surface area contributed by atoms with Crippen molar-refractivity contribution in [3.05, 3.63) is 17.7 Å². The monoisotopic (exact) mass is 307 g/mol. The van der Waals surface area contributed by atoms with Crippen molar-refractivity contribution in [2.24, 2.45) is 5.92 Å². The number of ether oxygens (including phenoxy) is 3. The van der Waals surface area contributed by atoms with Crippen LogP contribution < -0.4 is 14.2 Å². The molecule has 0 aromatic heterocycles. The highest BCUT2D eigenvalue weighted by molar-refractivity contribution is 5.78. The number of amides is 1. The number of carbonyl (C=O) groups excluding carboxylic acids is 1. The first-order chi connectivity index (χ1) is 10.5. The first-order valence-electron chi connectivity index (χ1n) is 7.61. The van der Waals surface area contributed by atoms with E-state index in [4.69, 9.17) is 14.2 Å². The first kappa shape index (κ1) is 16.5. The molecule has 0 N–H and O–H groups in total. The highest BCUT2D eigenvalue weighted by Gasteiger charge is 2.33. The van der Waals surface area contributed by atoms with Gasteiger partial charge in [-0.15, -0.1) is 0 Å². The second-order valence-electron chi connectivity index (χ2n) is 5.89. The Hall–Kier alpha value is -1.91. The minimum Gasteiger partial charge on any atom is -0.493 e. The van der Waals surface area contributed by atoms with Crippen LogP contribution in [0.1, 0.15) is 32.3 Å². The Labute approximate surface area is 132 Å². The van der Waals surface area contributed by atoms with Crippen molar-refractivity contribution in [2.45, 2.75) is 39.3 Å². The average molecular weight is 307 g/mol. The van der Waals surface area contributed by atoms with E-state index in [-0.39, 0.29) is 11.8 Å². The van der Waals surface area contributed by atoms with Crippen molar-refractivity contribution in [3.8, 4) is 17.2 Å². The van der Waals surface area contributed by atoms with Crippen LogP contribution in [0.3, 0.4) is 0 Å². The van der Waals surface area contributed by atoms with Gasteiger partial charge in [-0.25, -0.2) is 0 Å². The Bertz CT molecular complexity index is 512. The quantitative estimate of drug-likeness (QED) is 0.777. The van der Waals surface area contributed by atoms with Crippen LogP contribution in [0.5, 0.6) is 17.2 Å². The molecule has 1 aromatic carbocycles. The van der Waals surface area contributed by atoms with Crippen LogP contribution in [-0.2, 0) is 11.3 Å². The second-order valence-corrected chi connectivity index (χ2v) is 5.89. The molecule has 1 fully saturated rings. The van der Waals surface area contributed by atoms with Crippen LogP contribution in [0.25, 0.3) is 0 Å². The first-order valence-corrected chi connectivity index (χ1v) is 7.61. The summed E-state index contributed by atoms with van der Waals surface area (Å²) in [6.45, 7) is 4.44. The Kier molecular flexibility index (Phi) is 5.16. The van der Waals surface area contributed by atoms with Gasteiger partial charge in [-0.3, -0.25) is 4.79 Å². The number of carbonyl (C=O) groups is 1. The van der Waals surface area contributed by atoms with Gasteiger partial charge in [0, 0.05) is 18.5 Å². The summed E-state index contributed by atoms with van der Waals surface area (Å²) >= 11 is 0. The van der Waals surface area contributed by atoms with E-state index in [2.05, 4.69) is 0 Å². The Balaban J connectivity index is 2.29. The van der Waals surface area contributed by atoms with E-state index in [1.54, 1.807) is 21.3 Å². The number of benzene rings is 1. The zero-order chi connectivity index (χ0) is 16.3. The van der Waals surface area contributed by atoms with Crippen LogP contribution >= 0.6 is 0 Å². The van der Waals surface area contributed by atoms with Crippen molar-refractivity contribution < 1.29 is 19.0 Å². The summed E-state index contributed by atoms with van der Waals surface area (Å²) in [4.78, 5) is 14.4. The summed E-state index contributed by atoms with van der Waals surface area (Å²) in [5, 5.41) is 0. The fraction of sp³-hybridized carbons (Fsp3) is 0.588. The Morgan fingerprint density at radius 1 is 1.14 bits per heavy atom. The molecule has 5 heteroatoms. The maximum atomic E-state index is 12.4. The number of hydrogen-bond donors (Lipinski definition) is 0. The zero-order valence-electron chi connectivity index (χ0n) is 14.0. The van der Waals surface area contributed by atoms with Crippen molar-refractivity contribution >= 4 is 5.91 Å². The third-order valence-corrected chi connectivity index (χ3v) is 3.84. The highest BCUT2D eigenvalue weighted by Crippen LogP contribution is 2.39. The number of rotatable bonds is 7. The van der Waals surface area contributed by atoms with Crippen LogP contribution in [0.4, 0.5) is 0 Å². The highest BCUT2D eigenvalue weighted by atomic mass is 16.5. The molecule has 0 radical (unpaired) electrons. The van der Waals surface area contributed by atoms with E-state index < -0.39 is 0 Å². The molecule has 2 rings (SSSR count). The summed E-state index contributed by atoms with van der Waals surface area (Å²) in [6, 6.07) is 4.18. The lowest BCUT2D eigenvalue weighted by Crippen LogP contribution is -2.35. The van der Waals surface area contributed by atoms with E-state index in [0.29, 0.717) is 29.8 Å². The molecule has 0 unspecified atom stereocenters. The van der Waals surface area contributed by atoms with Crippen molar-refractivity contribution in [3.63, 3.8) is 0 Å². The summed E-state index contributed by atoms with van der Waals surface area (Å²) in [6.07, 6.45) is 2.17. The summed E-state index contributed by atoms with van der Waals surface area (Å²) in [5.74, 6) is 2.00. The van der Waals surface area contributed by atoms with Gasteiger partial charge in [-0.05, 0) is 30.5 Å². The van der Waals surface area contributed by atoms with Gasteiger partial charge in [-0.2, -0.15) is 0 Å². The molecule has 0 saturated heterocycles. The summed E-state index contributed by atoms with van der Waals surface area (Å²) < 4.78 is 16.1. The number of nitrogens with zero attached hydrogens (tertiary/aromatic N) is 1. The van der Waals surface area contributed by atoms with Gasteiger partial charge >= 0.3 is 0 Å². The van der Waals surface area contributed by atoms with Gasteiger partial charge in [-0.1, -0.05) is 13.8 Å². The minimum atomic E-state index is 0.00244. The lowest BCUT2D eigenvalue weighted by Gasteiger charge is -2.25. The summed E-state index contributed by atoms with van der Waals surface area (Å²) in [5.41, 5.74) is 0.982. The van der Waals surface area contributed by atoms with E-state index >= 15 is 0 Å². The van der Waals surface area contributed by atoms with E-state index in [9.17, 15) is 4.79 Å². The van der Waals surface area contributed by atoms with Gasteiger partial charge < -0.3 is 19.1 Å². The Morgan fingerprint density at radius 2 is 1.68 bits per heavy atom. The molecule has 1 amide bonds. The molecule has 0 atom stereocenters. The van der Waals surface area contributed by atoms with Crippen LogP contribution in [0.2, 0.25) is 0 Å². The van der Waals surface area contributed by atoms with Gasteiger partial charge in [0.05, 0.1) is 21.3 Å². The molecule has 1 saturated carbocycles. The molecule has 5 nitrogen and oxygen atoms in total. The topological polar surface area (TPSA) is 48.0 Å². The third-order valence-electron chi connectivity index (χ3n) is 3.84. The SMILES string of the molecule is COc1cc(CN(C(=O)C(C)C)C2CC2)cc(OC)c1OC. The van der Waals surface area contributed by atoms with E-state index in [1.165, 1.54) is 0 Å². The van der Waals surface area contributed by atoms with E-state index in [0.717, 1.165) is 18.4 Å². The molecule has 1 aliphatic rings.